The molecule has 0 aliphatic carbocycles. The van der Waals surface area contributed by atoms with Crippen LogP contribution in [-0.4, -0.2) is 72.1 Å². The fourth-order valence-corrected chi connectivity index (χ4v) is 9.27. The van der Waals surface area contributed by atoms with Crippen molar-refractivity contribution in [1.29, 1.82) is 0 Å². The van der Waals surface area contributed by atoms with E-state index in [9.17, 15) is 77.3 Å². The zero-order chi connectivity index (χ0) is 52.1. The summed E-state index contributed by atoms with van der Waals surface area (Å²) < 4.78 is 147. The van der Waals surface area contributed by atoms with Crippen LogP contribution < -0.4 is 118 Å². The minimum Gasteiger partial charge on any atom is -0.744 e. The van der Waals surface area contributed by atoms with E-state index in [0.717, 1.165) is 48.5 Å². The summed E-state index contributed by atoms with van der Waals surface area (Å²) in [6, 6.07) is 21.4. The Morgan fingerprint density at radius 2 is 0.895 bits per heavy atom. The quantitative estimate of drug-likeness (QED) is 0.0352. The molecule has 0 unspecified atom stereocenters. The SMILES string of the molecule is O=[N+]([O-])c1ccc(N=Nc2cc(N=Nc3cc(S(=O)(=O)[O-])cc4cc(S(=O)(=O)[O-])c(N=Nc5ccc(N=Nc6ccc(S(=O)(=O)[O-])c7ccccc67)c6cc(S(=O)(=O)[O-])ccc56)c(O)c34)c(O)cc2O)cc1.[Na+].[Na+].[Na+].[Na+]. The molecule has 0 spiro atoms. The van der Waals surface area contributed by atoms with Crippen molar-refractivity contribution in [3.63, 3.8) is 0 Å². The van der Waals surface area contributed by atoms with Crippen LogP contribution in [0, 0.1) is 10.1 Å². The fourth-order valence-electron chi connectivity index (χ4n) is 6.92. The number of phenolic OH excluding ortho intramolecular Hbond substituents is 3. The van der Waals surface area contributed by atoms with Crippen molar-refractivity contribution in [2.75, 3.05) is 0 Å². The zero-order valence-corrected chi connectivity index (χ0v) is 50.5. The summed E-state index contributed by atoms with van der Waals surface area (Å²) in [7, 11) is -21.1. The largest absolute Gasteiger partial charge is 1.00 e. The second-order valence-corrected chi connectivity index (χ2v) is 20.2. The van der Waals surface area contributed by atoms with Crippen LogP contribution in [0.1, 0.15) is 0 Å². The van der Waals surface area contributed by atoms with Crippen LogP contribution in [-0.2, 0) is 40.5 Å². The number of nitro benzene ring substituents is 1. The maximum absolute atomic E-state index is 12.7. The second-order valence-electron chi connectivity index (χ2n) is 14.8. The Bertz CT molecular complexity index is 4250. The molecule has 0 aromatic heterocycles. The van der Waals surface area contributed by atoms with Crippen LogP contribution in [0.15, 0.2) is 182 Å². The number of aromatic hydroxyl groups is 3. The normalized spacial score (nSPS) is 12.3. The van der Waals surface area contributed by atoms with E-state index in [0.29, 0.717) is 18.2 Å². The average Bonchev–Trinajstić information content (AvgIpc) is 3.30. The van der Waals surface area contributed by atoms with Crippen molar-refractivity contribution in [2.45, 2.75) is 19.6 Å². The van der Waals surface area contributed by atoms with Gasteiger partial charge in [-0.25, -0.2) is 33.7 Å². The first kappa shape index (κ1) is 63.9. The first-order valence-electron chi connectivity index (χ1n) is 19.5. The monoisotopic (exact) mass is 1140 g/mol. The van der Waals surface area contributed by atoms with Crippen LogP contribution in [0.3, 0.4) is 0 Å². The molecule has 0 amide bonds. The molecule has 0 saturated carbocycles. The third kappa shape index (κ3) is 14.2. The molecule has 76 heavy (non-hydrogen) atoms. The standard InChI is InChI=1S/C42H27N9O17S4.4Na/c52-36-20-37(53)34(19-33(36)47-43-22-5-7-23(8-6-22)51(55)56)48-49-35-18-25(70(60,61)62)15-21-16-39(72(66,67)68)41(42(54)40(21)35)50-46-30-11-12-32(29-17-24(69(57,58)59)9-10-27(29)30)45-44-31-13-14-38(71(63,64)65)28-4-2-1-3-26(28)31;;;;/h1-20,52-54H,(H,57,58,59)(H,60,61,62)(H,63,64,65)(H,66,67,68);;;;/q;4*+1/p-4. The third-order valence-electron chi connectivity index (χ3n) is 10.2. The molecule has 0 aliphatic rings. The number of nitro groups is 1. The van der Waals surface area contributed by atoms with Crippen molar-refractivity contribution >= 4 is 124 Å². The summed E-state index contributed by atoms with van der Waals surface area (Å²) in [5.41, 5.74) is -3.15. The van der Waals surface area contributed by atoms with Crippen molar-refractivity contribution in [3.05, 3.63) is 131 Å². The molecule has 0 atom stereocenters. The molecule has 3 N–H and O–H groups in total. The molecule has 34 heteroatoms. The molecular weight excluding hydrogens is 1120 g/mol. The maximum atomic E-state index is 12.7. The van der Waals surface area contributed by atoms with Crippen molar-refractivity contribution < 1.29 is 190 Å². The van der Waals surface area contributed by atoms with E-state index in [1.54, 1.807) is 0 Å². The molecular formula is C42H23N9Na4O17S4. The molecule has 8 rings (SSSR count). The fraction of sp³-hybridized carbons (Fsp3) is 0. The van der Waals surface area contributed by atoms with Crippen LogP contribution >= 0.6 is 0 Å². The molecule has 0 saturated heterocycles. The van der Waals surface area contributed by atoms with Gasteiger partial charge in [-0.2, -0.15) is 5.11 Å². The van der Waals surface area contributed by atoms with Gasteiger partial charge in [-0.15, -0.1) is 35.8 Å². The smallest absolute Gasteiger partial charge is 0.744 e. The third-order valence-corrected chi connectivity index (χ3v) is 13.6. The average molecular weight is 1150 g/mol. The van der Waals surface area contributed by atoms with E-state index in [4.69, 9.17) is 0 Å². The number of azo groups is 4. The van der Waals surface area contributed by atoms with Crippen LogP contribution in [0.4, 0.5) is 51.2 Å². The number of nitrogens with zero attached hydrogens (tertiary/aromatic N) is 9. The Kier molecular flexibility index (Phi) is 21.0. The Labute approximate surface area is 517 Å². The van der Waals surface area contributed by atoms with Crippen LogP contribution in [0.2, 0.25) is 0 Å². The van der Waals surface area contributed by atoms with Gasteiger partial charge < -0.3 is 33.5 Å². The second kappa shape index (κ2) is 25.0. The van der Waals surface area contributed by atoms with Gasteiger partial charge in [-0.05, 0) is 72.1 Å². The van der Waals surface area contributed by atoms with Gasteiger partial charge in [0.25, 0.3) is 5.69 Å². The van der Waals surface area contributed by atoms with Gasteiger partial charge >= 0.3 is 118 Å². The number of non-ortho nitro benzene ring substituents is 1. The van der Waals surface area contributed by atoms with Crippen LogP contribution in [0.25, 0.3) is 32.3 Å². The molecule has 0 fully saturated rings. The Morgan fingerprint density at radius 1 is 0.408 bits per heavy atom. The molecule has 0 heterocycles. The predicted octanol–water partition coefficient (Wildman–Crippen LogP) is -2.53. The van der Waals surface area contributed by atoms with Gasteiger partial charge in [0.15, 0.2) is 5.75 Å². The topological polar surface area (TPSA) is 432 Å². The van der Waals surface area contributed by atoms with Gasteiger partial charge in [-0.3, -0.25) is 10.1 Å². The van der Waals surface area contributed by atoms with Gasteiger partial charge in [0.2, 0.25) is 0 Å². The van der Waals surface area contributed by atoms with Crippen molar-refractivity contribution in [2.24, 2.45) is 40.9 Å². The Morgan fingerprint density at radius 3 is 1.45 bits per heavy atom. The molecule has 0 radical (unpaired) electrons. The Balaban J connectivity index is 0.00000312. The number of phenols is 3. The van der Waals surface area contributed by atoms with Gasteiger partial charge in [0.05, 0.1) is 58.3 Å². The molecule has 8 aromatic carbocycles. The summed E-state index contributed by atoms with van der Waals surface area (Å²) in [6.07, 6.45) is 0. The first-order valence-corrected chi connectivity index (χ1v) is 25.1. The van der Waals surface area contributed by atoms with Crippen molar-refractivity contribution in [3.8, 4) is 17.2 Å². The molecule has 8 aromatic rings. The van der Waals surface area contributed by atoms with Gasteiger partial charge in [0.1, 0.15) is 69.0 Å². The first-order chi connectivity index (χ1) is 33.8. The zero-order valence-electron chi connectivity index (χ0n) is 39.3. The Hall–Kier alpha value is -4.62. The van der Waals surface area contributed by atoms with Gasteiger partial charge in [-0.1, -0.05) is 30.3 Å². The summed E-state index contributed by atoms with van der Waals surface area (Å²) >= 11 is 0. The maximum Gasteiger partial charge on any atom is 1.00 e. The summed E-state index contributed by atoms with van der Waals surface area (Å²) in [5, 5.41) is 74.1. The predicted molar refractivity (Wildman–Crippen MR) is 245 cm³/mol. The molecule has 0 bridgehead atoms. The summed E-state index contributed by atoms with van der Waals surface area (Å²) in [6.45, 7) is 0. The van der Waals surface area contributed by atoms with E-state index < -0.39 is 110 Å². The van der Waals surface area contributed by atoms with E-state index in [-0.39, 0.29) is 174 Å². The number of rotatable bonds is 13. The minimum absolute atomic E-state index is 0. The molecule has 0 aliphatic heterocycles. The van der Waals surface area contributed by atoms with E-state index in [1.165, 1.54) is 54.6 Å². The number of fused-ring (bicyclic) bond motifs is 3. The van der Waals surface area contributed by atoms with Gasteiger partial charge in [0, 0.05) is 45.8 Å². The summed E-state index contributed by atoms with van der Waals surface area (Å²) in [5.74, 6) is -2.62. The van der Waals surface area contributed by atoms with E-state index >= 15 is 0 Å². The minimum atomic E-state index is -5.68. The van der Waals surface area contributed by atoms with E-state index in [2.05, 4.69) is 40.9 Å². The number of hydrogen-bond donors (Lipinski definition) is 3. The van der Waals surface area contributed by atoms with Crippen molar-refractivity contribution in [1.82, 2.24) is 0 Å². The molecule has 366 valence electrons. The summed E-state index contributed by atoms with van der Waals surface area (Å²) in [4.78, 5) is 6.66. The van der Waals surface area contributed by atoms with Crippen LogP contribution in [0.5, 0.6) is 17.2 Å². The number of benzene rings is 8. The number of hydrogen-bond acceptors (Lipinski definition) is 25. The van der Waals surface area contributed by atoms with E-state index in [1.807, 2.05) is 0 Å². The molecule has 26 nitrogen and oxygen atoms in total.